The average molecular weight is 256 g/mol. The SMILES string of the molecule is CCC(c1ccccc1)c1c(OC)cccc1OC. The normalized spacial score (nSPS) is 11.9. The summed E-state index contributed by atoms with van der Waals surface area (Å²) in [7, 11) is 3.41. The molecular formula is C17H20O2. The molecule has 0 radical (unpaired) electrons. The molecule has 0 aliphatic heterocycles. The molecule has 0 heterocycles. The van der Waals surface area contributed by atoms with Crippen molar-refractivity contribution in [3.8, 4) is 11.5 Å². The molecular weight excluding hydrogens is 236 g/mol. The third-order valence-electron chi connectivity index (χ3n) is 3.42. The summed E-state index contributed by atoms with van der Waals surface area (Å²) in [6.45, 7) is 2.18. The van der Waals surface area contributed by atoms with Gasteiger partial charge in [0.25, 0.3) is 0 Å². The van der Waals surface area contributed by atoms with Gasteiger partial charge in [-0.25, -0.2) is 0 Å². The number of hydrogen-bond acceptors (Lipinski definition) is 2. The van der Waals surface area contributed by atoms with Gasteiger partial charge in [0.1, 0.15) is 11.5 Å². The van der Waals surface area contributed by atoms with Crippen LogP contribution in [0.1, 0.15) is 30.4 Å². The zero-order valence-corrected chi connectivity index (χ0v) is 11.7. The maximum atomic E-state index is 5.51. The van der Waals surface area contributed by atoms with Gasteiger partial charge in [0.2, 0.25) is 0 Å². The molecule has 2 aromatic rings. The van der Waals surface area contributed by atoms with Gasteiger partial charge in [-0.1, -0.05) is 43.3 Å². The minimum Gasteiger partial charge on any atom is -0.496 e. The fraction of sp³-hybridized carbons (Fsp3) is 0.294. The molecule has 1 atom stereocenters. The van der Waals surface area contributed by atoms with Crippen LogP contribution in [-0.2, 0) is 0 Å². The number of benzene rings is 2. The minimum absolute atomic E-state index is 0.285. The third-order valence-corrected chi connectivity index (χ3v) is 3.42. The Kier molecular flexibility index (Phi) is 4.45. The van der Waals surface area contributed by atoms with Crippen molar-refractivity contribution >= 4 is 0 Å². The van der Waals surface area contributed by atoms with Gasteiger partial charge in [-0.2, -0.15) is 0 Å². The summed E-state index contributed by atoms with van der Waals surface area (Å²) in [5.74, 6) is 2.05. The molecule has 0 amide bonds. The Morgan fingerprint density at radius 1 is 0.842 bits per heavy atom. The monoisotopic (exact) mass is 256 g/mol. The highest BCUT2D eigenvalue weighted by Crippen LogP contribution is 2.40. The molecule has 2 heteroatoms. The lowest BCUT2D eigenvalue weighted by Gasteiger charge is -2.21. The van der Waals surface area contributed by atoms with Gasteiger partial charge in [0, 0.05) is 11.5 Å². The number of rotatable bonds is 5. The molecule has 19 heavy (non-hydrogen) atoms. The second kappa shape index (κ2) is 6.28. The first-order valence-corrected chi connectivity index (χ1v) is 6.57. The van der Waals surface area contributed by atoms with Crippen LogP contribution in [0.25, 0.3) is 0 Å². The molecule has 0 aliphatic carbocycles. The second-order valence-electron chi connectivity index (χ2n) is 4.45. The smallest absolute Gasteiger partial charge is 0.126 e. The summed E-state index contributed by atoms with van der Waals surface area (Å²) in [4.78, 5) is 0. The van der Waals surface area contributed by atoms with E-state index in [0.717, 1.165) is 23.5 Å². The van der Waals surface area contributed by atoms with E-state index in [-0.39, 0.29) is 5.92 Å². The number of methoxy groups -OCH3 is 2. The Bertz CT molecular complexity index is 498. The maximum absolute atomic E-state index is 5.51. The average Bonchev–Trinajstić information content (AvgIpc) is 2.49. The van der Waals surface area contributed by atoms with Gasteiger partial charge in [0.15, 0.2) is 0 Å². The lowest BCUT2D eigenvalue weighted by Crippen LogP contribution is -2.05. The van der Waals surface area contributed by atoms with Crippen molar-refractivity contribution in [2.24, 2.45) is 0 Å². The molecule has 0 spiro atoms. The van der Waals surface area contributed by atoms with Crippen LogP contribution in [0.4, 0.5) is 0 Å². The first-order valence-electron chi connectivity index (χ1n) is 6.57. The zero-order valence-electron chi connectivity index (χ0n) is 11.7. The Balaban J connectivity index is 2.54. The van der Waals surface area contributed by atoms with Crippen molar-refractivity contribution < 1.29 is 9.47 Å². The lowest BCUT2D eigenvalue weighted by molar-refractivity contribution is 0.381. The van der Waals surface area contributed by atoms with Crippen molar-refractivity contribution in [2.75, 3.05) is 14.2 Å². The highest BCUT2D eigenvalue weighted by Gasteiger charge is 2.20. The van der Waals surface area contributed by atoms with Gasteiger partial charge in [-0.05, 0) is 24.1 Å². The molecule has 2 nitrogen and oxygen atoms in total. The molecule has 0 bridgehead atoms. The topological polar surface area (TPSA) is 18.5 Å². The molecule has 0 saturated heterocycles. The van der Waals surface area contributed by atoms with Crippen molar-refractivity contribution in [1.29, 1.82) is 0 Å². The highest BCUT2D eigenvalue weighted by molar-refractivity contribution is 5.50. The van der Waals surface area contributed by atoms with E-state index in [4.69, 9.17) is 9.47 Å². The Morgan fingerprint density at radius 3 is 1.89 bits per heavy atom. The van der Waals surface area contributed by atoms with Crippen LogP contribution in [0.5, 0.6) is 11.5 Å². The molecule has 100 valence electrons. The van der Waals surface area contributed by atoms with Gasteiger partial charge in [-0.3, -0.25) is 0 Å². The number of hydrogen-bond donors (Lipinski definition) is 0. The molecule has 2 rings (SSSR count). The van der Waals surface area contributed by atoms with Crippen LogP contribution >= 0.6 is 0 Å². The fourth-order valence-corrected chi connectivity index (χ4v) is 2.52. The van der Waals surface area contributed by atoms with Gasteiger partial charge >= 0.3 is 0 Å². The summed E-state index contributed by atoms with van der Waals surface area (Å²) >= 11 is 0. The predicted octanol–water partition coefficient (Wildman–Crippen LogP) is 4.25. The van der Waals surface area contributed by atoms with Gasteiger partial charge < -0.3 is 9.47 Å². The van der Waals surface area contributed by atoms with Gasteiger partial charge in [-0.15, -0.1) is 0 Å². The predicted molar refractivity (Wildman–Crippen MR) is 78.1 cm³/mol. The summed E-state index contributed by atoms with van der Waals surface area (Å²) in [6, 6.07) is 16.4. The first kappa shape index (κ1) is 13.5. The third kappa shape index (κ3) is 2.73. The fourth-order valence-electron chi connectivity index (χ4n) is 2.52. The van der Waals surface area contributed by atoms with E-state index < -0.39 is 0 Å². The van der Waals surface area contributed by atoms with Crippen LogP contribution in [0.3, 0.4) is 0 Å². The van der Waals surface area contributed by atoms with E-state index in [1.807, 2.05) is 24.3 Å². The van der Waals surface area contributed by atoms with Crippen LogP contribution in [0.2, 0.25) is 0 Å². The first-order chi connectivity index (χ1) is 9.31. The van der Waals surface area contributed by atoms with Gasteiger partial charge in [0.05, 0.1) is 14.2 Å². The van der Waals surface area contributed by atoms with E-state index in [0.29, 0.717) is 0 Å². The summed E-state index contributed by atoms with van der Waals surface area (Å²) in [5.41, 5.74) is 2.41. The standard InChI is InChI=1S/C17H20O2/c1-4-14(13-9-6-5-7-10-13)17-15(18-2)11-8-12-16(17)19-3/h5-12,14H,4H2,1-3H3. The number of ether oxygens (including phenoxy) is 2. The largest absolute Gasteiger partial charge is 0.496 e. The maximum Gasteiger partial charge on any atom is 0.126 e. The van der Waals surface area contributed by atoms with E-state index >= 15 is 0 Å². The molecule has 0 fully saturated rings. The Labute approximate surface area is 115 Å². The summed E-state index contributed by atoms with van der Waals surface area (Å²) in [6.07, 6.45) is 1.00. The van der Waals surface area contributed by atoms with E-state index in [1.165, 1.54) is 5.56 Å². The van der Waals surface area contributed by atoms with E-state index in [1.54, 1.807) is 14.2 Å². The summed E-state index contributed by atoms with van der Waals surface area (Å²) < 4.78 is 11.0. The zero-order chi connectivity index (χ0) is 13.7. The summed E-state index contributed by atoms with van der Waals surface area (Å²) in [5, 5.41) is 0. The van der Waals surface area contributed by atoms with Crippen molar-refractivity contribution in [1.82, 2.24) is 0 Å². The second-order valence-corrected chi connectivity index (χ2v) is 4.45. The Hall–Kier alpha value is -1.96. The molecule has 2 aromatic carbocycles. The highest BCUT2D eigenvalue weighted by atomic mass is 16.5. The van der Waals surface area contributed by atoms with E-state index in [9.17, 15) is 0 Å². The van der Waals surface area contributed by atoms with Crippen LogP contribution in [-0.4, -0.2) is 14.2 Å². The molecule has 0 aliphatic rings. The molecule has 0 N–H and O–H groups in total. The quantitative estimate of drug-likeness (QED) is 0.796. The van der Waals surface area contributed by atoms with Crippen LogP contribution < -0.4 is 9.47 Å². The molecule has 1 unspecified atom stereocenters. The Morgan fingerprint density at radius 2 is 1.42 bits per heavy atom. The van der Waals surface area contributed by atoms with E-state index in [2.05, 4.69) is 31.2 Å². The molecule has 0 aromatic heterocycles. The van der Waals surface area contributed by atoms with Crippen molar-refractivity contribution in [2.45, 2.75) is 19.3 Å². The van der Waals surface area contributed by atoms with Crippen LogP contribution in [0.15, 0.2) is 48.5 Å². The van der Waals surface area contributed by atoms with Crippen molar-refractivity contribution in [3.63, 3.8) is 0 Å². The minimum atomic E-state index is 0.285. The van der Waals surface area contributed by atoms with Crippen LogP contribution in [0, 0.1) is 0 Å². The lowest BCUT2D eigenvalue weighted by atomic mass is 9.88. The molecule has 0 saturated carbocycles. The van der Waals surface area contributed by atoms with Crippen molar-refractivity contribution in [3.05, 3.63) is 59.7 Å².